The molecule has 16 heavy (non-hydrogen) atoms. The first-order valence-electron chi connectivity index (χ1n) is 5.38. The highest BCUT2D eigenvalue weighted by molar-refractivity contribution is 6.38. The molecule has 1 rings (SSSR count). The van der Waals surface area contributed by atoms with Crippen LogP contribution in [0.25, 0.3) is 0 Å². The predicted molar refractivity (Wildman–Crippen MR) is 61.8 cm³/mol. The Bertz CT molecular complexity index is 396. The second-order valence-corrected chi connectivity index (χ2v) is 4.80. The highest BCUT2D eigenvalue weighted by Gasteiger charge is 2.30. The quantitative estimate of drug-likeness (QED) is 0.537. The van der Waals surface area contributed by atoms with Gasteiger partial charge in [-0.15, -0.1) is 0 Å². The van der Waals surface area contributed by atoms with E-state index in [2.05, 4.69) is 0 Å². The van der Waals surface area contributed by atoms with Crippen LogP contribution in [0.2, 0.25) is 6.82 Å². The molecule has 0 bridgehead atoms. The van der Waals surface area contributed by atoms with Gasteiger partial charge in [-0.05, 0) is 30.3 Å². The SMILES string of the molecule is CBC(C)(C)c1c(C)c(F)c(C)c(F)c1F. The van der Waals surface area contributed by atoms with Gasteiger partial charge in [0, 0.05) is 5.56 Å². The summed E-state index contributed by atoms with van der Waals surface area (Å²) in [6.07, 6.45) is 0. The monoisotopic (exact) mass is 228 g/mol. The second-order valence-electron chi connectivity index (χ2n) is 4.80. The zero-order valence-corrected chi connectivity index (χ0v) is 10.3. The Labute approximate surface area is 95.1 Å². The summed E-state index contributed by atoms with van der Waals surface area (Å²) < 4.78 is 41.0. The normalized spacial score (nSPS) is 11.8. The minimum atomic E-state index is -1.07. The van der Waals surface area contributed by atoms with Crippen LogP contribution in [0.1, 0.15) is 30.5 Å². The van der Waals surface area contributed by atoms with E-state index in [1.54, 1.807) is 13.8 Å². The lowest BCUT2D eigenvalue weighted by Crippen LogP contribution is -2.27. The van der Waals surface area contributed by atoms with Crippen molar-refractivity contribution in [2.75, 3.05) is 0 Å². The van der Waals surface area contributed by atoms with Gasteiger partial charge in [-0.25, -0.2) is 13.2 Å². The molecule has 0 aliphatic rings. The van der Waals surface area contributed by atoms with Crippen LogP contribution in [0.3, 0.4) is 0 Å². The smallest absolute Gasteiger partial charge is 0.164 e. The summed E-state index contributed by atoms with van der Waals surface area (Å²) in [5.74, 6) is -2.63. The summed E-state index contributed by atoms with van der Waals surface area (Å²) in [4.78, 5) is 0. The minimum absolute atomic E-state index is 0.149. The first kappa shape index (κ1) is 13.1. The van der Waals surface area contributed by atoms with Gasteiger partial charge >= 0.3 is 0 Å². The van der Waals surface area contributed by atoms with Crippen LogP contribution in [0.5, 0.6) is 0 Å². The molecule has 0 saturated carbocycles. The third-order valence-electron chi connectivity index (χ3n) is 3.34. The highest BCUT2D eigenvalue weighted by Crippen LogP contribution is 2.32. The fourth-order valence-electron chi connectivity index (χ4n) is 1.91. The van der Waals surface area contributed by atoms with E-state index in [1.165, 1.54) is 13.8 Å². The lowest BCUT2D eigenvalue weighted by Gasteiger charge is -2.26. The van der Waals surface area contributed by atoms with Crippen LogP contribution in [0, 0.1) is 31.3 Å². The lowest BCUT2D eigenvalue weighted by atomic mass is 9.52. The van der Waals surface area contributed by atoms with Gasteiger partial charge in [0.05, 0.1) is 0 Å². The Morgan fingerprint density at radius 1 is 0.875 bits per heavy atom. The fraction of sp³-hybridized carbons (Fsp3) is 0.500. The Balaban J connectivity index is 3.65. The van der Waals surface area contributed by atoms with Crippen molar-refractivity contribution < 1.29 is 13.2 Å². The molecule has 0 amide bonds. The van der Waals surface area contributed by atoms with E-state index in [9.17, 15) is 13.2 Å². The van der Waals surface area contributed by atoms with Crippen molar-refractivity contribution in [1.29, 1.82) is 0 Å². The summed E-state index contributed by atoms with van der Waals surface area (Å²) in [6, 6.07) is 0. The first-order valence-corrected chi connectivity index (χ1v) is 5.38. The summed E-state index contributed by atoms with van der Waals surface area (Å²) in [6.45, 7) is 8.19. The van der Waals surface area contributed by atoms with Gasteiger partial charge in [0.2, 0.25) is 0 Å². The number of hydrogen-bond donors (Lipinski definition) is 0. The number of halogens is 3. The van der Waals surface area contributed by atoms with Crippen molar-refractivity contribution >= 4 is 7.28 Å². The Morgan fingerprint density at radius 2 is 1.38 bits per heavy atom. The molecule has 0 heterocycles. The zero-order chi connectivity index (χ0) is 12.7. The van der Waals surface area contributed by atoms with Crippen molar-refractivity contribution in [1.82, 2.24) is 0 Å². The van der Waals surface area contributed by atoms with E-state index in [1.807, 2.05) is 6.82 Å². The van der Waals surface area contributed by atoms with Crippen LogP contribution >= 0.6 is 0 Å². The van der Waals surface area contributed by atoms with E-state index in [0.717, 1.165) is 0 Å². The van der Waals surface area contributed by atoms with Gasteiger partial charge in [-0.1, -0.05) is 20.7 Å². The average Bonchev–Trinajstić information content (AvgIpc) is 2.23. The fourth-order valence-corrected chi connectivity index (χ4v) is 1.91. The zero-order valence-electron chi connectivity index (χ0n) is 10.3. The Kier molecular flexibility index (Phi) is 3.41. The molecule has 0 fully saturated rings. The van der Waals surface area contributed by atoms with Gasteiger partial charge in [0.15, 0.2) is 11.6 Å². The van der Waals surface area contributed by atoms with Crippen molar-refractivity contribution in [3.05, 3.63) is 34.1 Å². The predicted octanol–water partition coefficient (Wildman–Crippen LogP) is 3.44. The molecule has 0 spiro atoms. The highest BCUT2D eigenvalue weighted by atomic mass is 19.2. The summed E-state index contributed by atoms with van der Waals surface area (Å²) in [7, 11) is 0.618. The third kappa shape index (κ3) is 1.85. The standard InChI is InChI=1S/C12H16BF3/c1-6-8(12(3,4)13-5)11(16)10(15)7(2)9(6)14/h13H,1-5H3. The maximum absolute atomic E-state index is 13.8. The molecular weight excluding hydrogens is 212 g/mol. The molecule has 0 aromatic heterocycles. The minimum Gasteiger partial charge on any atom is -0.206 e. The maximum Gasteiger partial charge on any atom is 0.164 e. The van der Waals surface area contributed by atoms with E-state index in [4.69, 9.17) is 0 Å². The van der Waals surface area contributed by atoms with Gasteiger partial charge in [-0.3, -0.25) is 0 Å². The molecule has 0 saturated heterocycles. The van der Waals surface area contributed by atoms with Gasteiger partial charge in [0.1, 0.15) is 13.1 Å². The van der Waals surface area contributed by atoms with Crippen LogP contribution in [0.4, 0.5) is 13.2 Å². The molecule has 4 heteroatoms. The summed E-state index contributed by atoms with van der Waals surface area (Å²) in [5, 5.41) is -0.566. The summed E-state index contributed by atoms with van der Waals surface area (Å²) >= 11 is 0. The number of benzene rings is 1. The van der Waals surface area contributed by atoms with Crippen molar-refractivity contribution in [2.24, 2.45) is 0 Å². The van der Waals surface area contributed by atoms with Crippen LogP contribution in [-0.2, 0) is 5.31 Å². The molecule has 0 aliphatic heterocycles. The van der Waals surface area contributed by atoms with Crippen molar-refractivity contribution in [3.63, 3.8) is 0 Å². The van der Waals surface area contributed by atoms with Crippen molar-refractivity contribution in [2.45, 2.75) is 39.8 Å². The second kappa shape index (κ2) is 4.15. The summed E-state index contributed by atoms with van der Waals surface area (Å²) in [5.41, 5.74) is 0.115. The van der Waals surface area contributed by atoms with E-state index in [0.29, 0.717) is 7.28 Å². The molecule has 0 aliphatic carbocycles. The lowest BCUT2D eigenvalue weighted by molar-refractivity contribution is 0.461. The van der Waals surface area contributed by atoms with E-state index < -0.39 is 22.8 Å². The Hall–Kier alpha value is -0.925. The van der Waals surface area contributed by atoms with Crippen LogP contribution in [-0.4, -0.2) is 7.28 Å². The van der Waals surface area contributed by atoms with E-state index >= 15 is 0 Å². The third-order valence-corrected chi connectivity index (χ3v) is 3.34. The van der Waals surface area contributed by atoms with Gasteiger partial charge in [0.25, 0.3) is 0 Å². The molecule has 88 valence electrons. The largest absolute Gasteiger partial charge is 0.206 e. The topological polar surface area (TPSA) is 0 Å². The molecule has 0 atom stereocenters. The first-order chi connectivity index (χ1) is 7.24. The maximum atomic E-state index is 13.8. The van der Waals surface area contributed by atoms with Crippen LogP contribution in [0.15, 0.2) is 0 Å². The number of hydrogen-bond acceptors (Lipinski definition) is 0. The van der Waals surface area contributed by atoms with Crippen LogP contribution < -0.4 is 0 Å². The Morgan fingerprint density at radius 3 is 1.81 bits per heavy atom. The molecule has 1 aromatic carbocycles. The molecular formula is C12H16BF3. The van der Waals surface area contributed by atoms with Crippen molar-refractivity contribution in [3.8, 4) is 0 Å². The van der Waals surface area contributed by atoms with Gasteiger partial charge < -0.3 is 0 Å². The molecule has 1 aromatic rings. The molecule has 0 unspecified atom stereocenters. The van der Waals surface area contributed by atoms with E-state index in [-0.39, 0.29) is 16.7 Å². The molecule has 0 nitrogen and oxygen atoms in total. The molecule has 0 radical (unpaired) electrons. The number of rotatable bonds is 2. The van der Waals surface area contributed by atoms with Gasteiger partial charge in [-0.2, -0.15) is 0 Å². The molecule has 0 N–H and O–H groups in total. The average molecular weight is 228 g/mol.